The van der Waals surface area contributed by atoms with Crippen molar-refractivity contribution in [3.05, 3.63) is 29.8 Å². The Balaban J connectivity index is 1.40. The topological polar surface area (TPSA) is 95.0 Å². The van der Waals surface area contributed by atoms with E-state index in [2.05, 4.69) is 0 Å². The zero-order valence-corrected chi connectivity index (χ0v) is 14.5. The van der Waals surface area contributed by atoms with Gasteiger partial charge in [0.1, 0.15) is 0 Å². The molecule has 1 unspecified atom stereocenters. The fourth-order valence-corrected chi connectivity index (χ4v) is 5.12. The lowest BCUT2D eigenvalue weighted by molar-refractivity contribution is -0.134. The molecule has 0 aromatic heterocycles. The van der Waals surface area contributed by atoms with Crippen LogP contribution >= 0.6 is 0 Å². The van der Waals surface area contributed by atoms with Gasteiger partial charge in [-0.1, -0.05) is 0 Å². The van der Waals surface area contributed by atoms with Crippen molar-refractivity contribution in [2.75, 3.05) is 26.2 Å². The first-order chi connectivity index (χ1) is 11.8. The summed E-state index contributed by atoms with van der Waals surface area (Å²) < 4.78 is 26.7. The number of hydrogen-bond acceptors (Lipinski definition) is 4. The molecule has 3 fully saturated rings. The normalized spacial score (nSPS) is 25.0. The van der Waals surface area contributed by atoms with Crippen LogP contribution in [-0.4, -0.2) is 60.8 Å². The molecule has 1 amide bonds. The highest BCUT2D eigenvalue weighted by Gasteiger charge is 2.66. The van der Waals surface area contributed by atoms with Crippen molar-refractivity contribution >= 4 is 21.9 Å². The van der Waals surface area contributed by atoms with Crippen molar-refractivity contribution in [3.63, 3.8) is 0 Å². The van der Waals surface area contributed by atoms with Gasteiger partial charge >= 0.3 is 5.97 Å². The van der Waals surface area contributed by atoms with E-state index in [1.165, 1.54) is 28.6 Å². The van der Waals surface area contributed by atoms with E-state index in [0.29, 0.717) is 18.5 Å². The fraction of sp³-hybridized carbons (Fsp3) is 0.529. The maximum Gasteiger partial charge on any atom is 0.335 e. The maximum absolute atomic E-state index is 12.7. The Morgan fingerprint density at radius 1 is 1.04 bits per heavy atom. The average molecular weight is 364 g/mol. The van der Waals surface area contributed by atoms with Crippen LogP contribution in [0.5, 0.6) is 0 Å². The van der Waals surface area contributed by atoms with Gasteiger partial charge in [-0.15, -0.1) is 0 Å². The number of carbonyl (C=O) groups is 2. The third-order valence-corrected chi connectivity index (χ3v) is 7.58. The summed E-state index contributed by atoms with van der Waals surface area (Å²) in [6.45, 7) is 1.37. The minimum absolute atomic E-state index is 0.0489. The molecule has 1 aromatic rings. The SMILES string of the molecule is O=C(O)c1ccc(S(=O)(=O)N2CCN(C(=O)C3CC34CC4)CC2)cc1. The predicted octanol–water partition coefficient (Wildman–Crippen LogP) is 1.02. The van der Waals surface area contributed by atoms with Crippen molar-refractivity contribution in [2.45, 2.75) is 24.2 Å². The summed E-state index contributed by atoms with van der Waals surface area (Å²) in [6.07, 6.45) is 3.31. The van der Waals surface area contributed by atoms with Crippen LogP contribution in [0.3, 0.4) is 0 Å². The van der Waals surface area contributed by atoms with Gasteiger partial charge in [-0.05, 0) is 48.9 Å². The van der Waals surface area contributed by atoms with E-state index in [-0.39, 0.29) is 35.4 Å². The average Bonchev–Trinajstić information content (AvgIpc) is 3.54. The van der Waals surface area contributed by atoms with E-state index < -0.39 is 16.0 Å². The van der Waals surface area contributed by atoms with Crippen LogP contribution in [0.1, 0.15) is 29.6 Å². The summed E-state index contributed by atoms with van der Waals surface area (Å²) >= 11 is 0. The quantitative estimate of drug-likeness (QED) is 0.861. The summed E-state index contributed by atoms with van der Waals surface area (Å²) in [4.78, 5) is 25.2. The molecule has 134 valence electrons. The molecule has 8 heteroatoms. The number of sulfonamides is 1. The van der Waals surface area contributed by atoms with Crippen molar-refractivity contribution in [1.29, 1.82) is 0 Å². The zero-order valence-electron chi connectivity index (χ0n) is 13.7. The van der Waals surface area contributed by atoms with Gasteiger partial charge in [-0.25, -0.2) is 13.2 Å². The van der Waals surface area contributed by atoms with Crippen LogP contribution < -0.4 is 0 Å². The van der Waals surface area contributed by atoms with Gasteiger partial charge in [-0.2, -0.15) is 4.31 Å². The number of hydrogen-bond donors (Lipinski definition) is 1. The van der Waals surface area contributed by atoms with E-state index in [0.717, 1.165) is 19.3 Å². The van der Waals surface area contributed by atoms with Crippen LogP contribution in [-0.2, 0) is 14.8 Å². The Bertz CT molecular complexity index is 821. The van der Waals surface area contributed by atoms with Crippen LogP contribution in [0.2, 0.25) is 0 Å². The van der Waals surface area contributed by atoms with Crippen LogP contribution in [0.15, 0.2) is 29.2 Å². The fourth-order valence-electron chi connectivity index (χ4n) is 3.70. The van der Waals surface area contributed by atoms with Gasteiger partial charge in [0.25, 0.3) is 0 Å². The van der Waals surface area contributed by atoms with Gasteiger partial charge < -0.3 is 10.0 Å². The van der Waals surface area contributed by atoms with Crippen molar-refractivity contribution in [3.8, 4) is 0 Å². The predicted molar refractivity (Wildman–Crippen MR) is 88.5 cm³/mol. The first-order valence-electron chi connectivity index (χ1n) is 8.46. The summed E-state index contributed by atoms with van der Waals surface area (Å²) in [5.41, 5.74) is 0.361. The molecule has 4 rings (SSSR count). The molecule has 25 heavy (non-hydrogen) atoms. The highest BCUT2D eigenvalue weighted by molar-refractivity contribution is 7.89. The molecule has 0 bridgehead atoms. The second-order valence-corrected chi connectivity index (χ2v) is 9.12. The first-order valence-corrected chi connectivity index (χ1v) is 9.90. The second kappa shape index (κ2) is 5.54. The number of benzene rings is 1. The summed E-state index contributed by atoms with van der Waals surface area (Å²) in [5, 5.41) is 8.90. The Hall–Kier alpha value is -1.93. The third-order valence-electron chi connectivity index (χ3n) is 5.67. The Morgan fingerprint density at radius 3 is 2.12 bits per heavy atom. The molecule has 1 heterocycles. The molecule has 0 radical (unpaired) electrons. The van der Waals surface area contributed by atoms with Gasteiger partial charge in [-0.3, -0.25) is 4.79 Å². The minimum atomic E-state index is -3.67. The lowest BCUT2D eigenvalue weighted by Crippen LogP contribution is -2.51. The van der Waals surface area contributed by atoms with Crippen LogP contribution in [0.4, 0.5) is 0 Å². The molecule has 1 atom stereocenters. The molecule has 2 saturated carbocycles. The van der Waals surface area contributed by atoms with Crippen molar-refractivity contribution < 1.29 is 23.1 Å². The molecule has 1 saturated heterocycles. The molecule has 1 aromatic carbocycles. The monoisotopic (exact) mass is 364 g/mol. The maximum atomic E-state index is 12.7. The van der Waals surface area contributed by atoms with Gasteiger partial charge in [0.15, 0.2) is 0 Å². The smallest absolute Gasteiger partial charge is 0.335 e. The number of nitrogens with zero attached hydrogens (tertiary/aromatic N) is 2. The summed E-state index contributed by atoms with van der Waals surface area (Å²) in [6, 6.07) is 5.21. The molecule has 1 aliphatic heterocycles. The van der Waals surface area contributed by atoms with E-state index in [1.807, 2.05) is 0 Å². The van der Waals surface area contributed by atoms with Crippen LogP contribution in [0.25, 0.3) is 0 Å². The molecule has 3 aliphatic rings. The van der Waals surface area contributed by atoms with Crippen molar-refractivity contribution in [2.24, 2.45) is 11.3 Å². The van der Waals surface area contributed by atoms with Crippen molar-refractivity contribution in [1.82, 2.24) is 9.21 Å². The minimum Gasteiger partial charge on any atom is -0.478 e. The van der Waals surface area contributed by atoms with E-state index in [9.17, 15) is 18.0 Å². The highest BCUT2D eigenvalue weighted by Crippen LogP contribution is 2.70. The highest BCUT2D eigenvalue weighted by atomic mass is 32.2. The Morgan fingerprint density at radius 2 is 1.64 bits per heavy atom. The third kappa shape index (κ3) is 2.83. The number of aromatic carboxylic acids is 1. The summed E-state index contributed by atoms with van der Waals surface area (Å²) in [5.74, 6) is -0.746. The van der Waals surface area contributed by atoms with E-state index >= 15 is 0 Å². The molecule has 1 spiro atoms. The summed E-state index contributed by atoms with van der Waals surface area (Å²) in [7, 11) is -3.67. The van der Waals surface area contributed by atoms with Gasteiger partial charge in [0.2, 0.25) is 15.9 Å². The molecule has 1 N–H and O–H groups in total. The molecular weight excluding hydrogens is 344 g/mol. The van der Waals surface area contributed by atoms with E-state index in [1.54, 1.807) is 4.90 Å². The number of carboxylic acid groups (broad SMARTS) is 1. The zero-order chi connectivity index (χ0) is 17.8. The number of carbonyl (C=O) groups excluding carboxylic acids is 1. The molecular formula is C17H20N2O5S. The van der Waals surface area contributed by atoms with E-state index in [4.69, 9.17) is 5.11 Å². The Labute approximate surface area is 146 Å². The number of piperazine rings is 1. The lowest BCUT2D eigenvalue weighted by atomic mass is 10.2. The largest absolute Gasteiger partial charge is 0.478 e. The van der Waals surface area contributed by atoms with Gasteiger partial charge in [0, 0.05) is 32.1 Å². The van der Waals surface area contributed by atoms with Crippen LogP contribution in [0, 0.1) is 11.3 Å². The first kappa shape index (κ1) is 16.5. The number of amides is 1. The standard InChI is InChI=1S/C17H20N2O5S/c20-15(14-11-17(14)5-6-17)18-7-9-19(10-8-18)25(23,24)13-3-1-12(2-4-13)16(21)22/h1-4,14H,5-11H2,(H,21,22). The Kier molecular flexibility index (Phi) is 3.66. The lowest BCUT2D eigenvalue weighted by Gasteiger charge is -2.34. The number of carboxylic acids is 1. The second-order valence-electron chi connectivity index (χ2n) is 7.18. The number of rotatable bonds is 4. The van der Waals surface area contributed by atoms with Gasteiger partial charge in [0.05, 0.1) is 10.5 Å². The molecule has 7 nitrogen and oxygen atoms in total. The molecule has 2 aliphatic carbocycles.